The number of thioether (sulfide) groups is 1. The van der Waals surface area contributed by atoms with Gasteiger partial charge < -0.3 is 11.1 Å². The van der Waals surface area contributed by atoms with E-state index in [-0.39, 0.29) is 11.9 Å². The third-order valence-electron chi connectivity index (χ3n) is 6.96. The lowest BCUT2D eigenvalue weighted by Crippen LogP contribution is -2.26. The van der Waals surface area contributed by atoms with Gasteiger partial charge in [-0.25, -0.2) is 14.6 Å². The van der Waals surface area contributed by atoms with Crippen molar-refractivity contribution in [2.24, 2.45) is 5.92 Å². The van der Waals surface area contributed by atoms with Crippen LogP contribution in [0.25, 0.3) is 11.0 Å². The van der Waals surface area contributed by atoms with Crippen LogP contribution in [0, 0.1) is 5.92 Å². The zero-order valence-electron chi connectivity index (χ0n) is 18.5. The number of nitrogens with two attached hydrogens (primary N) is 1. The average Bonchev–Trinajstić information content (AvgIpc) is 2.94. The highest BCUT2D eigenvalue weighted by Crippen LogP contribution is 2.35. The lowest BCUT2D eigenvalue weighted by atomic mass is 9.92. The Morgan fingerprint density at radius 3 is 2.81 bits per heavy atom. The second-order valence-corrected chi connectivity index (χ2v) is 10.5. The van der Waals surface area contributed by atoms with E-state index in [0.29, 0.717) is 33.7 Å². The highest BCUT2D eigenvalue weighted by molar-refractivity contribution is 8.02. The topological polar surface area (TPSA) is 98.7 Å². The number of hydrogen-bond acceptors (Lipinski definition) is 6. The van der Waals surface area contributed by atoms with Crippen LogP contribution in [0.3, 0.4) is 0 Å². The van der Waals surface area contributed by atoms with Crippen LogP contribution in [-0.2, 0) is 0 Å². The molecule has 1 saturated carbocycles. The molecule has 0 radical (unpaired) electrons. The smallest absolute Gasteiger partial charge is 0.276 e. The quantitative estimate of drug-likeness (QED) is 0.627. The molecule has 1 fully saturated rings. The van der Waals surface area contributed by atoms with Crippen LogP contribution in [0.15, 0.2) is 29.6 Å². The van der Waals surface area contributed by atoms with Crippen molar-refractivity contribution in [1.29, 1.82) is 0 Å². The first-order valence-corrected chi connectivity index (χ1v) is 12.9. The first-order valence-electron chi connectivity index (χ1n) is 12.0. The van der Waals surface area contributed by atoms with E-state index in [1.807, 2.05) is 16.4 Å². The Kier molecular flexibility index (Phi) is 6.48. The Labute approximate surface area is 193 Å². The summed E-state index contributed by atoms with van der Waals surface area (Å²) in [4.78, 5) is 22.1. The van der Waals surface area contributed by atoms with Crippen molar-refractivity contribution in [1.82, 2.24) is 25.1 Å². The van der Waals surface area contributed by atoms with Gasteiger partial charge in [-0.2, -0.15) is 5.10 Å². The van der Waals surface area contributed by atoms with Crippen LogP contribution in [-0.4, -0.2) is 30.9 Å². The minimum absolute atomic E-state index is 0.203. The molecule has 0 aromatic carbocycles. The molecule has 2 bridgehead atoms. The predicted octanol–water partition coefficient (Wildman–Crippen LogP) is 5.13. The lowest BCUT2D eigenvalue weighted by molar-refractivity contribution is 0.0959. The maximum absolute atomic E-state index is 13.4. The molecule has 3 N–H and O–H groups in total. The van der Waals surface area contributed by atoms with Gasteiger partial charge in [-0.05, 0) is 56.3 Å². The molecule has 3 heterocycles. The van der Waals surface area contributed by atoms with Gasteiger partial charge in [0.1, 0.15) is 12.1 Å². The summed E-state index contributed by atoms with van der Waals surface area (Å²) in [5.74, 6) is 0.585. The number of nitrogen functional groups attached to an aromatic ring is 1. The lowest BCUT2D eigenvalue weighted by Gasteiger charge is -2.22. The fraction of sp³-hybridized carbons (Fsp3) is 0.583. The number of anilines is 1. The maximum atomic E-state index is 13.4. The molecule has 1 amide bonds. The Hall–Kier alpha value is -2.35. The van der Waals surface area contributed by atoms with Crippen molar-refractivity contribution >= 4 is 34.5 Å². The van der Waals surface area contributed by atoms with Gasteiger partial charge in [0.05, 0.1) is 11.4 Å². The van der Waals surface area contributed by atoms with Crippen molar-refractivity contribution in [2.75, 3.05) is 5.73 Å². The van der Waals surface area contributed by atoms with E-state index in [1.165, 1.54) is 38.4 Å². The Morgan fingerprint density at radius 1 is 1.12 bits per heavy atom. The van der Waals surface area contributed by atoms with Gasteiger partial charge >= 0.3 is 0 Å². The van der Waals surface area contributed by atoms with Crippen molar-refractivity contribution in [3.63, 3.8) is 0 Å². The summed E-state index contributed by atoms with van der Waals surface area (Å²) < 4.78 is 1.94. The molecule has 0 spiro atoms. The molecule has 32 heavy (non-hydrogen) atoms. The summed E-state index contributed by atoms with van der Waals surface area (Å²) in [7, 11) is 0. The number of fused-ring (bicyclic) bond motifs is 3. The van der Waals surface area contributed by atoms with E-state index >= 15 is 0 Å². The van der Waals surface area contributed by atoms with Gasteiger partial charge in [0.25, 0.3) is 5.91 Å². The molecule has 2 aliphatic carbocycles. The molecule has 2 unspecified atom stereocenters. The number of hydrogen-bond donors (Lipinski definition) is 2. The summed E-state index contributed by atoms with van der Waals surface area (Å²) in [6.07, 6.45) is 18.3. The average molecular weight is 453 g/mol. The van der Waals surface area contributed by atoms with E-state index < -0.39 is 0 Å². The first kappa shape index (κ1) is 21.5. The van der Waals surface area contributed by atoms with Crippen LogP contribution in [0.1, 0.15) is 87.2 Å². The minimum Gasteiger partial charge on any atom is -0.383 e. The molecular weight excluding hydrogens is 420 g/mol. The van der Waals surface area contributed by atoms with Gasteiger partial charge in [-0.1, -0.05) is 37.8 Å². The van der Waals surface area contributed by atoms with Gasteiger partial charge in [-0.3, -0.25) is 4.79 Å². The van der Waals surface area contributed by atoms with Crippen LogP contribution in [0.5, 0.6) is 0 Å². The molecule has 1 aliphatic heterocycles. The molecule has 2 atom stereocenters. The van der Waals surface area contributed by atoms with Crippen LogP contribution < -0.4 is 11.1 Å². The molecular formula is C24H32N6OS. The van der Waals surface area contributed by atoms with Crippen molar-refractivity contribution < 1.29 is 4.79 Å². The molecule has 2 aromatic heterocycles. The highest BCUT2D eigenvalue weighted by atomic mass is 32.2. The fourth-order valence-corrected chi connectivity index (χ4v) is 6.42. The second kappa shape index (κ2) is 9.65. The van der Waals surface area contributed by atoms with Crippen LogP contribution in [0.2, 0.25) is 0 Å². The van der Waals surface area contributed by atoms with Crippen LogP contribution in [0.4, 0.5) is 5.82 Å². The van der Waals surface area contributed by atoms with Gasteiger partial charge in [-0.15, -0.1) is 11.8 Å². The summed E-state index contributed by atoms with van der Waals surface area (Å²) in [6, 6.07) is 0.253. The first-order chi connectivity index (χ1) is 15.7. The number of nitrogens with zero attached hydrogens (tertiary/aromatic N) is 4. The molecule has 5 rings (SSSR count). The SMILES string of the molecule is Nc1ncnc2c1c(C(=O)N/C1=C/C3CC=CSC(CCC1)C3)nn2C1CCCCCC1. The molecule has 2 aromatic rings. The molecule has 0 saturated heterocycles. The second-order valence-electron chi connectivity index (χ2n) is 9.30. The van der Waals surface area contributed by atoms with Crippen molar-refractivity contribution in [2.45, 2.75) is 81.9 Å². The summed E-state index contributed by atoms with van der Waals surface area (Å²) >= 11 is 1.96. The fourth-order valence-electron chi connectivity index (χ4n) is 5.32. The number of allylic oxidation sites excluding steroid dienone is 3. The van der Waals surface area contributed by atoms with E-state index in [2.05, 4.69) is 32.8 Å². The van der Waals surface area contributed by atoms with E-state index in [4.69, 9.17) is 10.8 Å². The highest BCUT2D eigenvalue weighted by Gasteiger charge is 2.27. The molecule has 7 nitrogen and oxygen atoms in total. The summed E-state index contributed by atoms with van der Waals surface area (Å²) in [6.45, 7) is 0. The number of nitrogens with one attached hydrogen (secondary N) is 1. The van der Waals surface area contributed by atoms with E-state index in [1.54, 1.807) is 0 Å². The third kappa shape index (κ3) is 4.56. The number of amides is 1. The minimum atomic E-state index is -0.203. The Balaban J connectivity index is 1.45. The molecule has 3 aliphatic rings. The van der Waals surface area contributed by atoms with Gasteiger partial charge in [0.2, 0.25) is 0 Å². The normalized spacial score (nSPS) is 26.4. The Morgan fingerprint density at radius 2 is 1.97 bits per heavy atom. The largest absolute Gasteiger partial charge is 0.383 e. The maximum Gasteiger partial charge on any atom is 0.276 e. The number of aromatic nitrogens is 4. The standard InChI is InChI=1S/C24H32N6OS/c25-22-20-21(29-30(23(20)27-15-26-22)18-9-3-1-2-4-10-18)24(31)28-17-8-5-11-19-14-16(13-17)7-6-12-32-19/h6,12-13,15-16,18-19H,1-5,7-11,14H2,(H,28,31)(H2,25,26,27)/b17-13+. The zero-order chi connectivity index (χ0) is 21.9. The van der Waals surface area contributed by atoms with Gasteiger partial charge in [0, 0.05) is 10.9 Å². The van der Waals surface area contributed by atoms with Crippen LogP contribution >= 0.6 is 11.8 Å². The third-order valence-corrected chi connectivity index (χ3v) is 8.12. The summed E-state index contributed by atoms with van der Waals surface area (Å²) in [5, 5.41) is 11.5. The monoisotopic (exact) mass is 452 g/mol. The Bertz CT molecular complexity index is 1040. The van der Waals surface area contributed by atoms with Crippen molar-refractivity contribution in [3.8, 4) is 0 Å². The predicted molar refractivity (Wildman–Crippen MR) is 129 cm³/mol. The number of rotatable bonds is 3. The van der Waals surface area contributed by atoms with E-state index in [9.17, 15) is 4.79 Å². The zero-order valence-corrected chi connectivity index (χ0v) is 19.3. The van der Waals surface area contributed by atoms with Gasteiger partial charge in [0.15, 0.2) is 11.3 Å². The number of carbonyl (C=O) groups excluding carboxylic acids is 1. The van der Waals surface area contributed by atoms with E-state index in [0.717, 1.165) is 44.2 Å². The summed E-state index contributed by atoms with van der Waals surface area (Å²) in [5.41, 5.74) is 8.25. The van der Waals surface area contributed by atoms with Crippen molar-refractivity contribution in [3.05, 3.63) is 35.3 Å². The number of carbonyl (C=O) groups is 1. The molecule has 170 valence electrons. The molecule has 8 heteroatoms.